The minimum Gasteiger partial charge on any atom is -0.347 e. The number of benzene rings is 3. The van der Waals surface area contributed by atoms with Crippen LogP contribution in [0, 0.1) is 20.8 Å². The topological polar surface area (TPSA) is 4.93 Å². The quantitative estimate of drug-likeness (QED) is 0.277. The van der Waals surface area contributed by atoms with Crippen molar-refractivity contribution in [3.8, 4) is 0 Å². The van der Waals surface area contributed by atoms with Gasteiger partial charge in [0.1, 0.15) is 0 Å². The molecule has 0 saturated heterocycles. The van der Waals surface area contributed by atoms with E-state index in [9.17, 15) is 0 Å². The summed E-state index contributed by atoms with van der Waals surface area (Å²) in [4.78, 5) is 0. The van der Waals surface area contributed by atoms with Gasteiger partial charge in [-0.05, 0) is 67.5 Å². The van der Waals surface area contributed by atoms with E-state index in [0.29, 0.717) is 0 Å². The Labute approximate surface area is 219 Å². The van der Waals surface area contributed by atoms with Crippen molar-refractivity contribution in [2.24, 2.45) is 7.05 Å². The zero-order valence-corrected chi connectivity index (χ0v) is 23.5. The number of rotatable bonds is 3. The molecule has 0 unspecified atom stereocenters. The fraction of sp³-hybridized carbons (Fsp3) is 0.314. The summed E-state index contributed by atoms with van der Waals surface area (Å²) in [5.74, 6) is 0. The first-order valence-corrected chi connectivity index (χ1v) is 13.4. The van der Waals surface area contributed by atoms with E-state index in [4.69, 9.17) is 0 Å². The molecule has 0 radical (unpaired) electrons. The highest BCUT2D eigenvalue weighted by Crippen LogP contribution is 2.35. The first-order valence-electron chi connectivity index (χ1n) is 13.4. The number of allylic oxidation sites excluding steroid dienone is 4. The van der Waals surface area contributed by atoms with E-state index in [1.807, 2.05) is 13.8 Å². The molecule has 0 atom stereocenters. The van der Waals surface area contributed by atoms with Gasteiger partial charge in [-0.15, -0.1) is 0 Å². The normalized spacial score (nSPS) is 12.8. The lowest BCUT2D eigenvalue weighted by Crippen LogP contribution is -2.21. The van der Waals surface area contributed by atoms with Gasteiger partial charge in [-0.3, -0.25) is 0 Å². The van der Waals surface area contributed by atoms with Crippen LogP contribution in [0.1, 0.15) is 74.0 Å². The molecule has 0 amide bonds. The molecule has 5 rings (SSSR count). The van der Waals surface area contributed by atoms with Crippen LogP contribution < -0.4 is 0 Å². The SMILES string of the molecule is CC.Cc1c(C2=CCCC=C2)c2ccccc2n1C.Cc1ccccc1C(C)(C)c1ccccc1C. The maximum absolute atomic E-state index is 2.36. The Balaban J connectivity index is 0.000000188. The van der Waals surface area contributed by atoms with Gasteiger partial charge in [0.05, 0.1) is 0 Å². The van der Waals surface area contributed by atoms with Crippen molar-refractivity contribution < 1.29 is 0 Å². The lowest BCUT2D eigenvalue weighted by Gasteiger charge is -2.29. The second kappa shape index (κ2) is 12.1. The summed E-state index contributed by atoms with van der Waals surface area (Å²) in [5.41, 5.74) is 11.1. The molecule has 1 heteroatoms. The van der Waals surface area contributed by atoms with Gasteiger partial charge in [-0.2, -0.15) is 0 Å². The average Bonchev–Trinajstić information content (AvgIpc) is 3.16. The van der Waals surface area contributed by atoms with Crippen molar-refractivity contribution in [3.05, 3.63) is 125 Å². The zero-order chi connectivity index (χ0) is 26.3. The van der Waals surface area contributed by atoms with Gasteiger partial charge in [-0.1, -0.05) is 113 Å². The van der Waals surface area contributed by atoms with Crippen LogP contribution in [0.25, 0.3) is 16.5 Å². The van der Waals surface area contributed by atoms with Crippen molar-refractivity contribution in [2.45, 2.75) is 66.7 Å². The molecule has 0 fully saturated rings. The maximum Gasteiger partial charge on any atom is 0.0486 e. The molecule has 36 heavy (non-hydrogen) atoms. The first-order chi connectivity index (χ1) is 17.3. The number of para-hydroxylation sites is 1. The molecule has 3 aromatic carbocycles. The van der Waals surface area contributed by atoms with E-state index < -0.39 is 0 Å². The highest BCUT2D eigenvalue weighted by Gasteiger charge is 2.25. The Hall–Kier alpha value is -3.32. The van der Waals surface area contributed by atoms with Crippen LogP contribution in [0.5, 0.6) is 0 Å². The van der Waals surface area contributed by atoms with E-state index in [1.54, 1.807) is 0 Å². The molecule has 188 valence electrons. The Morgan fingerprint density at radius 1 is 0.694 bits per heavy atom. The Bertz CT molecular complexity index is 1310. The summed E-state index contributed by atoms with van der Waals surface area (Å²) in [6.45, 7) is 15.2. The van der Waals surface area contributed by atoms with Crippen molar-refractivity contribution in [2.75, 3.05) is 0 Å². The largest absolute Gasteiger partial charge is 0.347 e. The van der Waals surface area contributed by atoms with Gasteiger partial charge in [-0.25, -0.2) is 0 Å². The molecule has 0 saturated carbocycles. The summed E-state index contributed by atoms with van der Waals surface area (Å²) in [5, 5.41) is 1.37. The van der Waals surface area contributed by atoms with E-state index in [-0.39, 0.29) is 5.41 Å². The van der Waals surface area contributed by atoms with Gasteiger partial charge in [0, 0.05) is 34.6 Å². The maximum atomic E-state index is 2.36. The molecule has 0 spiro atoms. The molecule has 1 nitrogen and oxygen atoms in total. The van der Waals surface area contributed by atoms with E-state index in [2.05, 4.69) is 137 Å². The van der Waals surface area contributed by atoms with Crippen molar-refractivity contribution in [3.63, 3.8) is 0 Å². The van der Waals surface area contributed by atoms with E-state index in [1.165, 1.54) is 56.4 Å². The minimum absolute atomic E-state index is 0.0662. The van der Waals surface area contributed by atoms with Gasteiger partial charge in [0.2, 0.25) is 0 Å². The monoisotopic (exact) mass is 477 g/mol. The number of aryl methyl sites for hydroxylation is 3. The molecule has 4 aromatic rings. The lowest BCUT2D eigenvalue weighted by molar-refractivity contribution is 0.631. The lowest BCUT2D eigenvalue weighted by atomic mass is 9.75. The van der Waals surface area contributed by atoms with E-state index in [0.717, 1.165) is 6.42 Å². The van der Waals surface area contributed by atoms with Gasteiger partial charge in [0.25, 0.3) is 0 Å². The van der Waals surface area contributed by atoms with Crippen LogP contribution in [0.4, 0.5) is 0 Å². The standard InChI is InChI=1S/C17H20.C16H17N.C2H6/c1-13-9-5-7-11-15(13)17(3,4)16-12-8-6-10-14(16)2;1-12-16(13-8-4-3-5-9-13)14-10-6-7-11-15(14)17(12)2;1-2/h5-12H,1-4H3;4,6-11H,3,5H2,1-2H3;1-2H3. The second-order valence-corrected chi connectivity index (χ2v) is 9.93. The van der Waals surface area contributed by atoms with Crippen LogP contribution in [-0.4, -0.2) is 4.57 Å². The highest BCUT2D eigenvalue weighted by molar-refractivity contribution is 5.97. The zero-order valence-electron chi connectivity index (χ0n) is 23.5. The molecule has 0 N–H and O–H groups in total. The molecule has 1 aliphatic rings. The Kier molecular flexibility index (Phi) is 9.15. The molecule has 1 aliphatic carbocycles. The summed E-state index contributed by atoms with van der Waals surface area (Å²) >= 11 is 0. The summed E-state index contributed by atoms with van der Waals surface area (Å²) in [7, 11) is 2.15. The molecule has 1 aromatic heterocycles. The molecule has 0 bridgehead atoms. The summed E-state index contributed by atoms with van der Waals surface area (Å²) in [6.07, 6.45) is 9.23. The number of aromatic nitrogens is 1. The predicted octanol–water partition coefficient (Wildman–Crippen LogP) is 9.88. The van der Waals surface area contributed by atoms with Crippen molar-refractivity contribution in [1.82, 2.24) is 4.57 Å². The van der Waals surface area contributed by atoms with Crippen LogP contribution >= 0.6 is 0 Å². The fourth-order valence-corrected chi connectivity index (χ4v) is 5.38. The third-order valence-corrected chi connectivity index (χ3v) is 7.32. The predicted molar refractivity (Wildman–Crippen MR) is 160 cm³/mol. The third kappa shape index (κ3) is 5.57. The van der Waals surface area contributed by atoms with Crippen molar-refractivity contribution in [1.29, 1.82) is 0 Å². The number of hydrogen-bond donors (Lipinski definition) is 0. The molecular weight excluding hydrogens is 434 g/mol. The summed E-state index contributed by atoms with van der Waals surface area (Å²) < 4.78 is 2.29. The number of nitrogens with zero attached hydrogens (tertiary/aromatic N) is 1. The van der Waals surface area contributed by atoms with Crippen molar-refractivity contribution >= 4 is 16.5 Å². The Morgan fingerprint density at radius 2 is 1.22 bits per heavy atom. The van der Waals surface area contributed by atoms with E-state index >= 15 is 0 Å². The van der Waals surface area contributed by atoms with Crippen LogP contribution in [0.2, 0.25) is 0 Å². The average molecular weight is 478 g/mol. The minimum atomic E-state index is 0.0662. The van der Waals surface area contributed by atoms with Gasteiger partial charge >= 0.3 is 0 Å². The molecule has 0 aliphatic heterocycles. The van der Waals surface area contributed by atoms with Gasteiger partial charge < -0.3 is 4.57 Å². The third-order valence-electron chi connectivity index (χ3n) is 7.32. The second-order valence-electron chi connectivity index (χ2n) is 9.93. The van der Waals surface area contributed by atoms with Gasteiger partial charge in [0.15, 0.2) is 0 Å². The first kappa shape index (κ1) is 27.3. The number of fused-ring (bicyclic) bond motifs is 1. The number of hydrogen-bond acceptors (Lipinski definition) is 0. The summed E-state index contributed by atoms with van der Waals surface area (Å²) in [6, 6.07) is 26.0. The smallest absolute Gasteiger partial charge is 0.0486 e. The fourth-order valence-electron chi connectivity index (χ4n) is 5.38. The van der Waals surface area contributed by atoms with Crippen LogP contribution in [0.15, 0.2) is 91.0 Å². The molecule has 1 heterocycles. The van der Waals surface area contributed by atoms with Crippen LogP contribution in [0.3, 0.4) is 0 Å². The Morgan fingerprint density at radius 3 is 1.75 bits per heavy atom. The van der Waals surface area contributed by atoms with Crippen LogP contribution in [-0.2, 0) is 12.5 Å². The highest BCUT2D eigenvalue weighted by atomic mass is 14.9. The molecular formula is C35H43N.